The van der Waals surface area contributed by atoms with Crippen LogP contribution in [0.15, 0.2) is 12.4 Å². The van der Waals surface area contributed by atoms with Gasteiger partial charge < -0.3 is 15.7 Å². The van der Waals surface area contributed by atoms with E-state index in [9.17, 15) is 0 Å². The summed E-state index contributed by atoms with van der Waals surface area (Å²) < 4.78 is 0. The van der Waals surface area contributed by atoms with Crippen molar-refractivity contribution in [3.05, 3.63) is 12.4 Å². The number of aliphatic hydroxyl groups excluding tert-OH is 1. The molecule has 1 saturated heterocycles. The molecule has 1 aromatic rings. The maximum Gasteiger partial charge on any atom is 0.171 e. The second kappa shape index (κ2) is 5.09. The van der Waals surface area contributed by atoms with E-state index < -0.39 is 0 Å². The van der Waals surface area contributed by atoms with E-state index >= 15 is 0 Å². The van der Waals surface area contributed by atoms with Gasteiger partial charge in [-0.25, -0.2) is 9.97 Å². The number of nitrogen functional groups attached to an aromatic ring is 1. The minimum Gasteiger partial charge on any atom is -0.395 e. The van der Waals surface area contributed by atoms with E-state index in [0.717, 1.165) is 38.5 Å². The van der Waals surface area contributed by atoms with Gasteiger partial charge in [0.25, 0.3) is 0 Å². The zero-order chi connectivity index (χ0) is 11.4. The van der Waals surface area contributed by atoms with E-state index in [1.807, 2.05) is 0 Å². The summed E-state index contributed by atoms with van der Waals surface area (Å²) in [4.78, 5) is 12.6. The lowest BCUT2D eigenvalue weighted by Crippen LogP contribution is -2.47. The van der Waals surface area contributed by atoms with E-state index in [1.165, 1.54) is 0 Å². The van der Waals surface area contributed by atoms with Gasteiger partial charge in [0.1, 0.15) is 0 Å². The molecular weight excluding hydrogens is 206 g/mol. The van der Waals surface area contributed by atoms with Crippen LogP contribution in [0.1, 0.15) is 0 Å². The average Bonchev–Trinajstić information content (AvgIpc) is 2.31. The van der Waals surface area contributed by atoms with Crippen molar-refractivity contribution >= 4 is 11.6 Å². The van der Waals surface area contributed by atoms with E-state index in [2.05, 4.69) is 19.8 Å². The molecule has 2 heterocycles. The molecule has 0 unspecified atom stereocenters. The van der Waals surface area contributed by atoms with Gasteiger partial charge in [-0.1, -0.05) is 0 Å². The number of aliphatic hydroxyl groups is 1. The molecular formula is C10H17N5O. The smallest absolute Gasteiger partial charge is 0.171 e. The molecule has 0 spiro atoms. The first-order chi connectivity index (χ1) is 7.81. The third kappa shape index (κ3) is 2.40. The molecule has 1 fully saturated rings. The fourth-order valence-electron chi connectivity index (χ4n) is 1.91. The topological polar surface area (TPSA) is 78.5 Å². The summed E-state index contributed by atoms with van der Waals surface area (Å²) in [5.41, 5.74) is 5.78. The third-order valence-electron chi connectivity index (χ3n) is 2.79. The molecule has 0 amide bonds. The fourth-order valence-corrected chi connectivity index (χ4v) is 1.91. The summed E-state index contributed by atoms with van der Waals surface area (Å²) in [6, 6.07) is 0. The lowest BCUT2D eigenvalue weighted by molar-refractivity contribution is 0.188. The molecule has 0 saturated carbocycles. The summed E-state index contributed by atoms with van der Waals surface area (Å²) >= 11 is 0. The maximum absolute atomic E-state index is 8.85. The second-order valence-electron chi connectivity index (χ2n) is 3.82. The van der Waals surface area contributed by atoms with E-state index in [-0.39, 0.29) is 6.61 Å². The molecule has 0 aliphatic carbocycles. The molecule has 1 aliphatic heterocycles. The standard InChI is InChI=1S/C10H17N5O/c11-9-10(13-2-1-12-9)15-5-3-14(4-6-15)7-8-16/h1-2,16H,3-8H2,(H2,11,12). The number of nitrogens with zero attached hydrogens (tertiary/aromatic N) is 4. The van der Waals surface area contributed by atoms with Gasteiger partial charge >= 0.3 is 0 Å². The lowest BCUT2D eigenvalue weighted by Gasteiger charge is -2.35. The zero-order valence-electron chi connectivity index (χ0n) is 9.21. The van der Waals surface area contributed by atoms with Crippen molar-refractivity contribution in [2.24, 2.45) is 0 Å². The molecule has 3 N–H and O–H groups in total. The Balaban J connectivity index is 1.96. The fraction of sp³-hybridized carbons (Fsp3) is 0.600. The van der Waals surface area contributed by atoms with Gasteiger partial charge in [-0.05, 0) is 0 Å². The summed E-state index contributed by atoms with van der Waals surface area (Å²) in [6.45, 7) is 4.57. The van der Waals surface area contributed by atoms with Crippen LogP contribution in [0, 0.1) is 0 Å². The van der Waals surface area contributed by atoms with Gasteiger partial charge in [-0.15, -0.1) is 0 Å². The molecule has 1 aliphatic rings. The number of rotatable bonds is 3. The number of aromatic nitrogens is 2. The number of hydrogen-bond acceptors (Lipinski definition) is 6. The normalized spacial score (nSPS) is 17.7. The van der Waals surface area contributed by atoms with Crippen molar-refractivity contribution in [2.45, 2.75) is 0 Å². The summed E-state index contributed by atoms with van der Waals surface area (Å²) in [7, 11) is 0. The Hall–Kier alpha value is -1.40. The molecule has 88 valence electrons. The van der Waals surface area contributed by atoms with E-state index in [1.54, 1.807) is 12.4 Å². The first kappa shape index (κ1) is 11.1. The van der Waals surface area contributed by atoms with Crippen molar-refractivity contribution in [3.63, 3.8) is 0 Å². The van der Waals surface area contributed by atoms with Gasteiger partial charge in [-0.3, -0.25) is 4.90 Å². The van der Waals surface area contributed by atoms with Gasteiger partial charge in [-0.2, -0.15) is 0 Å². The molecule has 0 bridgehead atoms. The number of piperazine rings is 1. The lowest BCUT2D eigenvalue weighted by atomic mass is 10.3. The number of β-amino-alcohol motifs (C(OH)–C–C–N with tert-alkyl or cyclic N) is 1. The molecule has 6 heteroatoms. The predicted octanol–water partition coefficient (Wildman–Crippen LogP) is -0.827. The Kier molecular flexibility index (Phi) is 3.53. The Labute approximate surface area is 94.7 Å². The van der Waals surface area contributed by atoms with Gasteiger partial charge in [0, 0.05) is 45.1 Å². The average molecular weight is 223 g/mol. The zero-order valence-corrected chi connectivity index (χ0v) is 9.21. The van der Waals surface area contributed by atoms with Crippen LogP contribution in [0.25, 0.3) is 0 Å². The predicted molar refractivity (Wildman–Crippen MR) is 62.2 cm³/mol. The van der Waals surface area contributed by atoms with Gasteiger partial charge in [0.05, 0.1) is 6.61 Å². The summed E-state index contributed by atoms with van der Waals surface area (Å²) in [5, 5.41) is 8.85. The van der Waals surface area contributed by atoms with Crippen LogP contribution in [-0.4, -0.2) is 59.3 Å². The maximum atomic E-state index is 8.85. The largest absolute Gasteiger partial charge is 0.395 e. The quantitative estimate of drug-likeness (QED) is 0.696. The number of nitrogens with two attached hydrogens (primary N) is 1. The van der Waals surface area contributed by atoms with Crippen molar-refractivity contribution in [1.29, 1.82) is 0 Å². The second-order valence-corrected chi connectivity index (χ2v) is 3.82. The highest BCUT2D eigenvalue weighted by Crippen LogP contribution is 2.17. The van der Waals surface area contributed by atoms with Crippen LogP contribution in [0.3, 0.4) is 0 Å². The molecule has 1 aromatic heterocycles. The highest BCUT2D eigenvalue weighted by molar-refractivity contribution is 5.57. The molecule has 2 rings (SSSR count). The number of hydrogen-bond donors (Lipinski definition) is 2. The first-order valence-electron chi connectivity index (χ1n) is 5.46. The van der Waals surface area contributed by atoms with E-state index in [4.69, 9.17) is 10.8 Å². The Morgan fingerprint density at radius 1 is 1.19 bits per heavy atom. The Morgan fingerprint density at radius 2 is 1.88 bits per heavy atom. The van der Waals surface area contributed by atoms with Crippen LogP contribution in [0.5, 0.6) is 0 Å². The highest BCUT2D eigenvalue weighted by Gasteiger charge is 2.19. The van der Waals surface area contributed by atoms with Crippen LogP contribution >= 0.6 is 0 Å². The Morgan fingerprint density at radius 3 is 2.50 bits per heavy atom. The summed E-state index contributed by atoms with van der Waals surface area (Å²) in [5.74, 6) is 1.25. The molecule has 6 nitrogen and oxygen atoms in total. The van der Waals surface area contributed by atoms with Crippen LogP contribution in [0.4, 0.5) is 11.6 Å². The SMILES string of the molecule is Nc1nccnc1N1CCN(CCO)CC1. The third-order valence-corrected chi connectivity index (χ3v) is 2.79. The van der Waals surface area contributed by atoms with Crippen molar-refractivity contribution in [1.82, 2.24) is 14.9 Å². The summed E-state index contributed by atoms with van der Waals surface area (Å²) in [6.07, 6.45) is 3.26. The molecule has 0 atom stereocenters. The number of anilines is 2. The molecule has 0 radical (unpaired) electrons. The van der Waals surface area contributed by atoms with Crippen molar-refractivity contribution in [2.75, 3.05) is 50.0 Å². The molecule has 0 aromatic carbocycles. The van der Waals surface area contributed by atoms with Crippen molar-refractivity contribution in [3.8, 4) is 0 Å². The van der Waals surface area contributed by atoms with Crippen LogP contribution < -0.4 is 10.6 Å². The van der Waals surface area contributed by atoms with Crippen LogP contribution in [0.2, 0.25) is 0 Å². The first-order valence-corrected chi connectivity index (χ1v) is 5.46. The van der Waals surface area contributed by atoms with E-state index in [0.29, 0.717) is 5.82 Å². The monoisotopic (exact) mass is 223 g/mol. The Bertz CT molecular complexity index is 338. The minimum absolute atomic E-state index is 0.216. The van der Waals surface area contributed by atoms with Gasteiger partial charge in [0.15, 0.2) is 11.6 Å². The highest BCUT2D eigenvalue weighted by atomic mass is 16.3. The van der Waals surface area contributed by atoms with Gasteiger partial charge in [0.2, 0.25) is 0 Å². The minimum atomic E-state index is 0.216. The van der Waals surface area contributed by atoms with Crippen molar-refractivity contribution < 1.29 is 5.11 Å². The van der Waals surface area contributed by atoms with Crippen LogP contribution in [-0.2, 0) is 0 Å². The molecule has 16 heavy (non-hydrogen) atoms.